The summed E-state index contributed by atoms with van der Waals surface area (Å²) >= 11 is 9.41. The first-order chi connectivity index (χ1) is 56.1. The number of carbonyl (C=O) groups excluding carboxylic acids is 5. The second-order valence-corrected chi connectivity index (χ2v) is 38.8. The number of rotatable bonds is 31. The van der Waals surface area contributed by atoms with E-state index in [1.165, 1.54) is 39.9 Å². The number of allylic oxidation sites excluding steroid dienone is 1. The van der Waals surface area contributed by atoms with Gasteiger partial charge in [0.15, 0.2) is 0 Å². The number of alkyl halides is 3. The number of sulfone groups is 1. The number of sulfonamides is 1. The Morgan fingerprint density at radius 1 is 0.754 bits per heavy atom. The molecule has 5 aliphatic rings. The van der Waals surface area contributed by atoms with E-state index in [0.29, 0.717) is 74.8 Å². The van der Waals surface area contributed by atoms with Gasteiger partial charge in [0.05, 0.1) is 58.6 Å². The molecular weight excluding hydrogens is 1610 g/mol. The highest BCUT2D eigenvalue weighted by Crippen LogP contribution is 2.45. The number of likely N-dealkylation sites (tertiary alicyclic amines) is 1. The van der Waals surface area contributed by atoms with E-state index in [2.05, 4.69) is 81.8 Å². The van der Waals surface area contributed by atoms with Crippen molar-refractivity contribution >= 4 is 107 Å². The number of morpholine rings is 1. The molecule has 1 aliphatic carbocycles. The molecule has 6 aromatic carbocycles. The zero-order valence-electron chi connectivity index (χ0n) is 67.8. The van der Waals surface area contributed by atoms with Gasteiger partial charge in [0.25, 0.3) is 31.7 Å². The smallest absolute Gasteiger partial charge is 0.391 e. The van der Waals surface area contributed by atoms with Crippen molar-refractivity contribution in [3.8, 4) is 10.4 Å². The first-order valence-corrected chi connectivity index (χ1v) is 45.3. The van der Waals surface area contributed by atoms with E-state index in [4.69, 9.17) is 16.3 Å². The second kappa shape index (κ2) is 38.9. The molecule has 4 saturated heterocycles. The Labute approximate surface area is 703 Å². The molecule has 4 fully saturated rings. The van der Waals surface area contributed by atoms with Gasteiger partial charge in [-0.05, 0) is 171 Å². The molecule has 6 N–H and O–H groups in total. The predicted octanol–water partition coefficient (Wildman–Crippen LogP) is 11.1. The summed E-state index contributed by atoms with van der Waals surface area (Å²) in [6.07, 6.45) is 2.36. The minimum Gasteiger partial charge on any atom is -0.391 e. The summed E-state index contributed by atoms with van der Waals surface area (Å²) in [5.41, 5.74) is 3.66. The molecule has 4 aliphatic heterocycles. The number of benzene rings is 6. The fraction of sp³-hybridized carbons (Fsp3) is 0.465. The van der Waals surface area contributed by atoms with Crippen LogP contribution < -0.4 is 35.8 Å². The van der Waals surface area contributed by atoms with Gasteiger partial charge in [-0.15, -0.1) is 23.1 Å². The molecule has 24 nitrogen and oxygen atoms in total. The quantitative estimate of drug-likeness (QED) is 0.0220. The summed E-state index contributed by atoms with van der Waals surface area (Å²) in [7, 11) is -8.82. The van der Waals surface area contributed by atoms with Crippen LogP contribution in [-0.2, 0) is 39.0 Å². The third kappa shape index (κ3) is 23.0. The van der Waals surface area contributed by atoms with Crippen LogP contribution in [0.25, 0.3) is 16.0 Å². The fourth-order valence-corrected chi connectivity index (χ4v) is 20.1. The Balaban J connectivity index is 0.587. The Morgan fingerprint density at radius 3 is 1.97 bits per heavy atom. The molecule has 0 radical (unpaired) electrons. The number of thioether (sulfide) groups is 1. The maximum absolute atomic E-state index is 14.4. The number of ether oxygens (including phenoxy) is 1. The SMILES string of the molecule is Cc1ncsc1-c1ccc([C@H](C)NC(=O)[C@@H]2C[C@@H](O)CN2C(=O)[C@@H](NC(=O)CNC(=O)c2ccc(N3CCN(CCN(C)CC4(C)CCC(c5ccc(Cl)cc5)=C(CN5CCN(c6ccc(C(=O)NS(=O)(=O)c7ccc(NC(CCN8CCOCC8)CSc8ccccc8)c(S(=O)(=O)C(F)(F)F)c7)cc6)CC5)C4)CC3)cc2)C(C)(C)C)cc1. The lowest BCUT2D eigenvalue weighted by atomic mass is 9.71. The van der Waals surface area contributed by atoms with Crippen molar-refractivity contribution in [2.45, 2.75) is 124 Å². The second-order valence-electron chi connectivity index (χ2n) is 32.8. The lowest BCUT2D eigenvalue weighted by Crippen LogP contribution is -2.58. The number of aliphatic hydroxyl groups excluding tert-OH is 1. The van der Waals surface area contributed by atoms with Crippen LogP contribution in [0.3, 0.4) is 0 Å². The monoisotopic (exact) mass is 1720 g/mol. The number of anilines is 3. The van der Waals surface area contributed by atoms with E-state index < -0.39 is 113 Å². The number of hydrogen-bond acceptors (Lipinski definition) is 21. The third-order valence-electron chi connectivity index (χ3n) is 22.8. The molecule has 0 spiro atoms. The molecule has 5 amide bonds. The van der Waals surface area contributed by atoms with Gasteiger partial charge >= 0.3 is 5.51 Å². The van der Waals surface area contributed by atoms with E-state index in [1.54, 1.807) is 61.9 Å². The summed E-state index contributed by atoms with van der Waals surface area (Å²) in [6.45, 7) is 23.7. The van der Waals surface area contributed by atoms with Gasteiger partial charge in [-0.3, -0.25) is 38.7 Å². The Hall–Kier alpha value is -8.47. The zero-order chi connectivity index (χ0) is 84.3. The summed E-state index contributed by atoms with van der Waals surface area (Å²) in [5.74, 6) is -2.66. The molecule has 0 saturated carbocycles. The lowest BCUT2D eigenvalue weighted by Gasteiger charge is -2.42. The van der Waals surface area contributed by atoms with Crippen LogP contribution in [0.1, 0.15) is 110 Å². The Bertz CT molecular complexity index is 4910. The fourth-order valence-electron chi connectivity index (χ4n) is 16.1. The largest absolute Gasteiger partial charge is 0.501 e. The van der Waals surface area contributed by atoms with Crippen LogP contribution in [0, 0.1) is 17.8 Å². The number of piperazine rings is 2. The number of aryl methyl sites for hydroxylation is 1. The van der Waals surface area contributed by atoms with Gasteiger partial charge in [0, 0.05) is 155 Å². The van der Waals surface area contributed by atoms with E-state index in [1.807, 2.05) is 97.4 Å². The number of aliphatic hydroxyl groups is 1. The minimum absolute atomic E-state index is 0.00320. The van der Waals surface area contributed by atoms with Crippen molar-refractivity contribution in [2.24, 2.45) is 10.8 Å². The molecular formula is C86H107ClF3N13O11S4. The molecule has 118 heavy (non-hydrogen) atoms. The van der Waals surface area contributed by atoms with Gasteiger partial charge in [-0.1, -0.05) is 99.5 Å². The van der Waals surface area contributed by atoms with Gasteiger partial charge in [0.1, 0.15) is 17.0 Å². The molecule has 1 aromatic heterocycles. The number of aromatic nitrogens is 1. The van der Waals surface area contributed by atoms with Crippen molar-refractivity contribution in [3.05, 3.63) is 190 Å². The Kier molecular flexibility index (Phi) is 29.3. The van der Waals surface area contributed by atoms with Gasteiger partial charge < -0.3 is 50.7 Å². The van der Waals surface area contributed by atoms with Crippen LogP contribution in [0.5, 0.6) is 0 Å². The van der Waals surface area contributed by atoms with Crippen LogP contribution in [0.2, 0.25) is 5.02 Å². The van der Waals surface area contributed by atoms with Crippen molar-refractivity contribution in [1.82, 2.24) is 50.2 Å². The molecule has 0 bridgehead atoms. The van der Waals surface area contributed by atoms with E-state index in [-0.39, 0.29) is 23.9 Å². The topological polar surface area (TPSA) is 279 Å². The molecule has 12 rings (SSSR count). The molecule has 32 heteroatoms. The molecule has 5 heterocycles. The predicted molar refractivity (Wildman–Crippen MR) is 457 cm³/mol. The van der Waals surface area contributed by atoms with Crippen molar-refractivity contribution in [1.29, 1.82) is 0 Å². The minimum atomic E-state index is -6.11. The molecule has 634 valence electrons. The molecule has 7 aromatic rings. The summed E-state index contributed by atoms with van der Waals surface area (Å²) in [5, 5.41) is 23.0. The zero-order valence-corrected chi connectivity index (χ0v) is 71.8. The highest BCUT2D eigenvalue weighted by atomic mass is 35.5. The number of hydrogen-bond donors (Lipinski definition) is 6. The van der Waals surface area contributed by atoms with Crippen molar-refractivity contribution < 1.29 is 63.8 Å². The lowest BCUT2D eigenvalue weighted by molar-refractivity contribution is -0.144. The van der Waals surface area contributed by atoms with Gasteiger partial charge in [-0.25, -0.2) is 26.5 Å². The van der Waals surface area contributed by atoms with E-state index >= 15 is 0 Å². The highest BCUT2D eigenvalue weighted by Gasteiger charge is 2.49. The van der Waals surface area contributed by atoms with Crippen LogP contribution >= 0.6 is 34.7 Å². The van der Waals surface area contributed by atoms with E-state index in [9.17, 15) is 59.1 Å². The van der Waals surface area contributed by atoms with Crippen LogP contribution in [0.4, 0.5) is 30.2 Å². The molecule has 2 unspecified atom stereocenters. The van der Waals surface area contributed by atoms with Gasteiger partial charge in [0.2, 0.25) is 17.7 Å². The average molecular weight is 1720 g/mol. The number of β-amino-alcohol motifs (C(OH)–C–C–N with tert-alkyl or cyclic N) is 1. The first kappa shape index (κ1) is 88.8. The first-order valence-electron chi connectivity index (χ1n) is 40.1. The maximum atomic E-state index is 14.4. The number of nitrogens with one attached hydrogen (secondary N) is 5. The van der Waals surface area contributed by atoms with Crippen molar-refractivity contribution in [2.75, 3.05) is 152 Å². The average Bonchev–Trinajstić information content (AvgIpc) is 0.967. The van der Waals surface area contributed by atoms with E-state index in [0.717, 1.165) is 140 Å². The maximum Gasteiger partial charge on any atom is 0.501 e. The highest BCUT2D eigenvalue weighted by molar-refractivity contribution is 7.99. The normalized spacial score (nSPS) is 19.7. The summed E-state index contributed by atoms with van der Waals surface area (Å²) < 4.78 is 105. The number of nitrogens with zero attached hydrogens (tertiary/aromatic N) is 8. The van der Waals surface area contributed by atoms with Crippen LogP contribution in [-0.4, -0.2) is 248 Å². The summed E-state index contributed by atoms with van der Waals surface area (Å²) in [4.78, 5) is 88.5. The number of thiazole rings is 1. The summed E-state index contributed by atoms with van der Waals surface area (Å²) in [6, 6.07) is 38.4. The van der Waals surface area contributed by atoms with Gasteiger partial charge in [-0.2, -0.15) is 13.2 Å². The number of halogens is 4. The molecule has 6 atom stereocenters. The van der Waals surface area contributed by atoms with Crippen LogP contribution in [0.15, 0.2) is 171 Å². The van der Waals surface area contributed by atoms with Crippen molar-refractivity contribution in [3.63, 3.8) is 0 Å². The standard InChI is InChI=1S/C86H107ClF3N13O11S4/c1-58(60-13-15-62(16-14-60)78-59(2)92-57-116-78)93-82(108)75-49-70(104)54-103(75)83(109)79(84(3,4)5)95-77(105)52-91-80(106)63-19-25-68(26-20-63)101-41-37-99(38-42-101)36-35-97(7)56-85(6)33-31-73(61-17-23-66(87)24-18-61)65(51-85)53-100-39-43-102(44-40-100)69-27-21-64(22-28-69)81(107)96-118(112,113)72-29-30-74(76(50-72)117(110,111)86(88,89)90)94-67(32-34-98-45-47-114-48-46-98)55-115-71-11-9-8-10-12-71/h8-30,50,57-58,67,70,75,79,94,104H,31-49,51-56H2,1-7H3,(H,91,106)(H,93,108)(H,95,105)(H,96,107)/t58-,67?,70+,75-,79+,85?/m0/s1. The number of likely N-dealkylation sites (N-methyl/N-ethyl adjacent to an activating group) is 1. The number of carbonyl (C=O) groups is 5. The third-order valence-corrected chi connectivity index (χ3v) is 28.1. The Morgan fingerprint density at radius 2 is 1.36 bits per heavy atom. The number of amides is 5.